The highest BCUT2D eigenvalue weighted by atomic mass is 32.2. The summed E-state index contributed by atoms with van der Waals surface area (Å²) in [6.45, 7) is 7.91. The SMILES string of the molecule is CC[C@@H]1CC(CS(=O)(=O)C2CC2)C[C@@H]1Nc1c(N)cnc2c1ccn2S(=O)(=O)c1ccc(C)cc1.CC[C@@H]1CC(CS(=O)(=O)C2CC2)C[C@@H]1Nc1c([N+](=O)[O-])cnc2c1ccn2S(=O)(=O)c1ccc(C)cc1. The van der Waals surface area contributed by atoms with Crippen LogP contribution >= 0.6 is 0 Å². The van der Waals surface area contributed by atoms with E-state index in [1.807, 2.05) is 20.8 Å². The number of anilines is 3. The van der Waals surface area contributed by atoms with E-state index in [1.165, 1.54) is 40.8 Å². The van der Waals surface area contributed by atoms with E-state index in [0.29, 0.717) is 40.1 Å². The van der Waals surface area contributed by atoms with Crippen molar-refractivity contribution in [1.82, 2.24) is 17.9 Å². The van der Waals surface area contributed by atoms with E-state index >= 15 is 0 Å². The topological polar surface area (TPSA) is 265 Å². The Kier molecular flexibility index (Phi) is 14.0. The van der Waals surface area contributed by atoms with Crippen LogP contribution in [-0.4, -0.2) is 90.6 Å². The van der Waals surface area contributed by atoms with E-state index in [0.717, 1.165) is 79.1 Å². The number of aromatic nitrogens is 4. The molecule has 0 amide bonds. The van der Waals surface area contributed by atoms with Crippen molar-refractivity contribution < 1.29 is 38.6 Å². The van der Waals surface area contributed by atoms with Crippen LogP contribution in [0, 0.1) is 47.6 Å². The first kappa shape index (κ1) is 51.3. The third-order valence-electron chi connectivity index (χ3n) is 15.0. The fourth-order valence-electron chi connectivity index (χ4n) is 10.8. The van der Waals surface area contributed by atoms with Gasteiger partial charge in [-0.15, -0.1) is 0 Å². The summed E-state index contributed by atoms with van der Waals surface area (Å²) in [5.74, 6) is 0.949. The highest BCUT2D eigenvalue weighted by molar-refractivity contribution is 7.92. The molecule has 0 radical (unpaired) electrons. The Balaban J connectivity index is 0.000000178. The molecule has 0 spiro atoms. The highest BCUT2D eigenvalue weighted by Crippen LogP contribution is 2.43. The van der Waals surface area contributed by atoms with Crippen LogP contribution in [0.2, 0.25) is 0 Å². The van der Waals surface area contributed by atoms with Crippen LogP contribution in [0.5, 0.6) is 0 Å². The number of benzene rings is 2. The third kappa shape index (κ3) is 10.3. The van der Waals surface area contributed by atoms with Crippen LogP contribution in [-0.2, 0) is 39.7 Å². The molecule has 6 aromatic rings. The van der Waals surface area contributed by atoms with E-state index in [1.54, 1.807) is 42.5 Å². The largest absolute Gasteiger partial charge is 0.396 e. The second-order valence-corrected chi connectivity index (χ2v) is 28.6. The number of aryl methyl sites for hydroxylation is 2. The molecule has 4 aliphatic carbocycles. The third-order valence-corrected chi connectivity index (χ3v) is 23.2. The molecule has 4 fully saturated rings. The number of nitro groups is 1. The summed E-state index contributed by atoms with van der Waals surface area (Å²) >= 11 is 0. The molecule has 6 atom stereocenters. The fourth-order valence-corrected chi connectivity index (χ4v) is 17.5. The van der Waals surface area contributed by atoms with Crippen molar-refractivity contribution in [1.29, 1.82) is 0 Å². The number of rotatable bonds is 17. The molecule has 4 heterocycles. The molecule has 4 aromatic heterocycles. The molecule has 18 nitrogen and oxygen atoms in total. The summed E-state index contributed by atoms with van der Waals surface area (Å²) in [4.78, 5) is 20.2. The van der Waals surface area contributed by atoms with Gasteiger partial charge in [0, 0.05) is 29.9 Å². The lowest BCUT2D eigenvalue weighted by atomic mass is 10.00. The Labute approximate surface area is 421 Å². The van der Waals surface area contributed by atoms with Gasteiger partial charge in [0.1, 0.15) is 11.9 Å². The van der Waals surface area contributed by atoms with Gasteiger partial charge in [0.05, 0.1) is 59.7 Å². The van der Waals surface area contributed by atoms with Gasteiger partial charge >= 0.3 is 5.69 Å². The lowest BCUT2D eigenvalue weighted by Gasteiger charge is -2.22. The maximum Gasteiger partial charge on any atom is 0.311 e. The monoisotopic (exact) mass is 1060 g/mol. The predicted octanol–water partition coefficient (Wildman–Crippen LogP) is 8.24. The Morgan fingerprint density at radius 2 is 1.01 bits per heavy atom. The van der Waals surface area contributed by atoms with E-state index in [2.05, 4.69) is 27.5 Å². The number of hydrogen-bond donors (Lipinski definition) is 3. The standard InChI is InChI=1S/C25H30N4O6S2.C25H32N4O4S2/c1-3-18-12-17(15-36(32,33)19-8-9-19)13-22(18)27-24-21-10-11-28(25(21)26-14-23(24)29(30)31)37(34,35)20-6-4-16(2)5-7-20;1-3-18-12-17(15-34(30,31)19-8-9-19)13-23(18)28-24-21-10-11-29(25(21)27-14-22(24)26)35(32,33)20-6-4-16(2)5-7-20/h4-7,10-11,14,17-19,22H,3,8-9,12-13,15H2,1-2H3,(H,26,27);4-7,10-11,14,17-19,23H,3,8-9,12-13,15,26H2,1-2H3,(H,27,28)/t17?,18-,22+;17?,18-,23+/m11/s1. The van der Waals surface area contributed by atoms with Crippen LogP contribution in [0.1, 0.15) is 89.2 Å². The Morgan fingerprint density at radius 1 is 0.611 bits per heavy atom. The van der Waals surface area contributed by atoms with Gasteiger partial charge in [0.2, 0.25) is 0 Å². The maximum atomic E-state index is 13.3. The number of pyridine rings is 2. The van der Waals surface area contributed by atoms with Gasteiger partial charge in [0.15, 0.2) is 31.0 Å². The minimum absolute atomic E-state index is 0.0176. The van der Waals surface area contributed by atoms with Gasteiger partial charge in [-0.25, -0.2) is 51.6 Å². The molecule has 2 unspecified atom stereocenters. The second kappa shape index (κ2) is 19.7. The second-order valence-electron chi connectivity index (χ2n) is 20.3. The summed E-state index contributed by atoms with van der Waals surface area (Å²) in [6.07, 6.45) is 13.1. The summed E-state index contributed by atoms with van der Waals surface area (Å²) in [6, 6.07) is 16.3. The molecule has 4 N–H and O–H groups in total. The summed E-state index contributed by atoms with van der Waals surface area (Å²) in [7, 11) is -13.9. The molecule has 4 aliphatic rings. The molecule has 10 rings (SSSR count). The van der Waals surface area contributed by atoms with Crippen molar-refractivity contribution in [2.75, 3.05) is 27.9 Å². The first-order chi connectivity index (χ1) is 34.1. The van der Waals surface area contributed by atoms with Crippen LogP contribution < -0.4 is 16.4 Å². The quantitative estimate of drug-likeness (QED) is 0.0573. The molecule has 72 heavy (non-hydrogen) atoms. The van der Waals surface area contributed by atoms with E-state index in [-0.39, 0.29) is 78.7 Å². The smallest absolute Gasteiger partial charge is 0.311 e. The van der Waals surface area contributed by atoms with Gasteiger partial charge in [-0.2, -0.15) is 0 Å². The van der Waals surface area contributed by atoms with Crippen LogP contribution in [0.25, 0.3) is 22.1 Å². The predicted molar refractivity (Wildman–Crippen MR) is 280 cm³/mol. The van der Waals surface area contributed by atoms with Gasteiger partial charge in [-0.3, -0.25) is 10.1 Å². The molecular weight excluding hydrogens is 1000 g/mol. The van der Waals surface area contributed by atoms with Crippen molar-refractivity contribution in [3.05, 3.63) is 107 Å². The number of hydrogen-bond acceptors (Lipinski definition) is 15. The average molecular weight is 1060 g/mol. The normalized spacial score (nSPS) is 22.7. The van der Waals surface area contributed by atoms with Gasteiger partial charge in [-0.05, 0) is 125 Å². The zero-order chi connectivity index (χ0) is 51.5. The fraction of sp³-hybridized carbons (Fsp3) is 0.480. The van der Waals surface area contributed by atoms with Crippen molar-refractivity contribution in [2.45, 2.75) is 124 Å². The molecule has 2 aromatic carbocycles. The van der Waals surface area contributed by atoms with Crippen molar-refractivity contribution in [3.63, 3.8) is 0 Å². The Bertz CT molecular complexity index is 3480. The zero-order valence-corrected chi connectivity index (χ0v) is 44.0. The number of nitrogens with one attached hydrogen (secondary N) is 2. The molecular formula is C50H62N8O10S4. The van der Waals surface area contributed by atoms with E-state index < -0.39 is 44.6 Å². The molecule has 0 aliphatic heterocycles. The van der Waals surface area contributed by atoms with Crippen molar-refractivity contribution in [3.8, 4) is 0 Å². The zero-order valence-electron chi connectivity index (χ0n) is 40.7. The summed E-state index contributed by atoms with van der Waals surface area (Å²) < 4.78 is 106. The minimum atomic E-state index is -3.97. The molecule has 0 saturated heterocycles. The Morgan fingerprint density at radius 3 is 1.42 bits per heavy atom. The number of nitrogens with two attached hydrogens (primary N) is 1. The molecule has 22 heteroatoms. The molecule has 386 valence electrons. The highest BCUT2D eigenvalue weighted by Gasteiger charge is 2.43. The first-order valence-corrected chi connectivity index (χ1v) is 30.9. The van der Waals surface area contributed by atoms with Crippen molar-refractivity contribution in [2.24, 2.45) is 23.7 Å². The molecule has 4 saturated carbocycles. The number of nitrogen functional groups attached to an aromatic ring is 1. The lowest BCUT2D eigenvalue weighted by molar-refractivity contribution is -0.384. The van der Waals surface area contributed by atoms with E-state index in [4.69, 9.17) is 5.73 Å². The van der Waals surface area contributed by atoms with Gasteiger partial charge in [-0.1, -0.05) is 62.1 Å². The van der Waals surface area contributed by atoms with Gasteiger partial charge in [0.25, 0.3) is 20.0 Å². The first-order valence-electron chi connectivity index (χ1n) is 24.6. The average Bonchev–Trinajstić information content (AvgIpc) is 4.22. The molecule has 0 bridgehead atoms. The Hall–Kier alpha value is -5.58. The van der Waals surface area contributed by atoms with Gasteiger partial charge < -0.3 is 16.4 Å². The maximum absolute atomic E-state index is 13.3. The van der Waals surface area contributed by atoms with Crippen LogP contribution in [0.15, 0.2) is 95.2 Å². The number of sulfone groups is 2. The van der Waals surface area contributed by atoms with Crippen LogP contribution in [0.4, 0.5) is 22.7 Å². The van der Waals surface area contributed by atoms with E-state index in [9.17, 15) is 43.8 Å². The number of fused-ring (bicyclic) bond motifs is 2. The summed E-state index contributed by atoms with van der Waals surface area (Å²) in [5.41, 5.74) is 9.65. The van der Waals surface area contributed by atoms with Crippen LogP contribution in [0.3, 0.4) is 0 Å². The minimum Gasteiger partial charge on any atom is -0.396 e. The summed E-state index contributed by atoms with van der Waals surface area (Å²) in [5, 5.41) is 19.4. The van der Waals surface area contributed by atoms with Crippen molar-refractivity contribution >= 4 is 84.5 Å². The number of nitrogens with zero attached hydrogens (tertiary/aromatic N) is 5. The lowest BCUT2D eigenvalue weighted by Crippen LogP contribution is -2.25.